The number of amides is 1. The molecule has 1 aromatic carbocycles. The predicted molar refractivity (Wildman–Crippen MR) is 79.3 cm³/mol. The molecule has 0 aliphatic carbocycles. The van der Waals surface area contributed by atoms with Crippen LogP contribution in [0.1, 0.15) is 34.1 Å². The van der Waals surface area contributed by atoms with Crippen molar-refractivity contribution in [2.45, 2.75) is 34.1 Å². The number of nitrogens with two attached hydrogens (primary N) is 1. The first-order chi connectivity index (χ1) is 8.76. The summed E-state index contributed by atoms with van der Waals surface area (Å²) in [5, 5.41) is 2.91. The molecule has 0 aromatic heterocycles. The number of benzene rings is 1. The van der Waals surface area contributed by atoms with Crippen molar-refractivity contribution in [3.8, 4) is 5.75 Å². The van der Waals surface area contributed by atoms with Crippen LogP contribution in [0.5, 0.6) is 5.75 Å². The topological polar surface area (TPSA) is 64.3 Å². The monoisotopic (exact) mass is 264 g/mol. The molecule has 19 heavy (non-hydrogen) atoms. The van der Waals surface area contributed by atoms with Crippen LogP contribution in [0.25, 0.3) is 0 Å². The highest BCUT2D eigenvalue weighted by Crippen LogP contribution is 2.29. The van der Waals surface area contributed by atoms with Gasteiger partial charge in [-0.05, 0) is 30.5 Å². The molecule has 0 radical (unpaired) electrons. The van der Waals surface area contributed by atoms with Gasteiger partial charge >= 0.3 is 0 Å². The third-order valence-electron chi connectivity index (χ3n) is 3.02. The summed E-state index contributed by atoms with van der Waals surface area (Å²) in [6.07, 6.45) is 0.838. The number of methoxy groups -OCH3 is 1. The van der Waals surface area contributed by atoms with E-state index in [1.165, 1.54) is 0 Å². The highest BCUT2D eigenvalue weighted by molar-refractivity contribution is 5.95. The SMILES string of the molecule is COc1ccc(NC(=O)C(C)(C)CC(C)C)cc1N. The highest BCUT2D eigenvalue weighted by Gasteiger charge is 2.28. The molecule has 4 heteroatoms. The second-order valence-corrected chi connectivity index (χ2v) is 5.89. The van der Waals surface area contributed by atoms with Gasteiger partial charge in [-0.2, -0.15) is 0 Å². The van der Waals surface area contributed by atoms with E-state index in [1.807, 2.05) is 13.8 Å². The van der Waals surface area contributed by atoms with Crippen molar-refractivity contribution in [1.82, 2.24) is 0 Å². The molecule has 0 heterocycles. The lowest BCUT2D eigenvalue weighted by Gasteiger charge is -2.25. The Labute approximate surface area is 115 Å². The maximum absolute atomic E-state index is 12.3. The zero-order valence-corrected chi connectivity index (χ0v) is 12.4. The number of hydrogen-bond acceptors (Lipinski definition) is 3. The van der Waals surface area contributed by atoms with Gasteiger partial charge in [-0.1, -0.05) is 27.7 Å². The maximum Gasteiger partial charge on any atom is 0.230 e. The lowest BCUT2D eigenvalue weighted by Crippen LogP contribution is -2.32. The van der Waals surface area contributed by atoms with Gasteiger partial charge in [0.25, 0.3) is 0 Å². The molecule has 106 valence electrons. The number of rotatable bonds is 5. The molecule has 0 saturated heterocycles. The van der Waals surface area contributed by atoms with Crippen LogP contribution in [0.2, 0.25) is 0 Å². The molecule has 3 N–H and O–H groups in total. The van der Waals surface area contributed by atoms with Crippen molar-refractivity contribution in [1.29, 1.82) is 0 Å². The van der Waals surface area contributed by atoms with Crippen molar-refractivity contribution in [2.24, 2.45) is 11.3 Å². The van der Waals surface area contributed by atoms with Gasteiger partial charge in [-0.3, -0.25) is 4.79 Å². The fourth-order valence-electron chi connectivity index (χ4n) is 2.23. The van der Waals surface area contributed by atoms with Gasteiger partial charge in [0.1, 0.15) is 5.75 Å². The molecule has 0 saturated carbocycles. The Balaban J connectivity index is 2.79. The molecule has 4 nitrogen and oxygen atoms in total. The van der Waals surface area contributed by atoms with Crippen LogP contribution in [-0.4, -0.2) is 13.0 Å². The number of ether oxygens (including phenoxy) is 1. The first-order valence-electron chi connectivity index (χ1n) is 6.51. The van der Waals surface area contributed by atoms with E-state index in [4.69, 9.17) is 10.5 Å². The molecular formula is C15H24N2O2. The molecule has 1 amide bonds. The van der Waals surface area contributed by atoms with Crippen LogP contribution in [0.4, 0.5) is 11.4 Å². The zero-order chi connectivity index (χ0) is 14.6. The average molecular weight is 264 g/mol. The Morgan fingerprint density at radius 2 is 2.05 bits per heavy atom. The Morgan fingerprint density at radius 1 is 1.42 bits per heavy atom. The number of carbonyl (C=O) groups is 1. The van der Waals surface area contributed by atoms with Gasteiger partial charge < -0.3 is 15.8 Å². The van der Waals surface area contributed by atoms with Gasteiger partial charge in [0.2, 0.25) is 5.91 Å². The van der Waals surface area contributed by atoms with Crippen molar-refractivity contribution < 1.29 is 9.53 Å². The lowest BCUT2D eigenvalue weighted by atomic mass is 9.83. The smallest absolute Gasteiger partial charge is 0.230 e. The lowest BCUT2D eigenvalue weighted by molar-refractivity contribution is -0.124. The minimum Gasteiger partial charge on any atom is -0.495 e. The first-order valence-corrected chi connectivity index (χ1v) is 6.51. The van der Waals surface area contributed by atoms with Crippen molar-refractivity contribution in [2.75, 3.05) is 18.2 Å². The van der Waals surface area contributed by atoms with Crippen LogP contribution in [0, 0.1) is 11.3 Å². The highest BCUT2D eigenvalue weighted by atomic mass is 16.5. The normalized spacial score (nSPS) is 11.5. The van der Waals surface area contributed by atoms with Gasteiger partial charge in [-0.25, -0.2) is 0 Å². The van der Waals surface area contributed by atoms with Crippen molar-refractivity contribution in [3.63, 3.8) is 0 Å². The predicted octanol–water partition coefficient (Wildman–Crippen LogP) is 3.29. The summed E-state index contributed by atoms with van der Waals surface area (Å²) in [5.74, 6) is 1.09. The Morgan fingerprint density at radius 3 is 2.53 bits per heavy atom. The van der Waals surface area contributed by atoms with Gasteiger partial charge in [0.05, 0.1) is 12.8 Å². The summed E-state index contributed by atoms with van der Waals surface area (Å²) in [4.78, 5) is 12.3. The summed E-state index contributed by atoms with van der Waals surface area (Å²) in [5.41, 5.74) is 6.63. The van der Waals surface area contributed by atoms with Gasteiger partial charge in [0, 0.05) is 11.1 Å². The number of nitrogen functional groups attached to an aromatic ring is 1. The summed E-state index contributed by atoms with van der Waals surface area (Å²) in [7, 11) is 1.57. The fraction of sp³-hybridized carbons (Fsp3) is 0.533. The summed E-state index contributed by atoms with van der Waals surface area (Å²) in [6.45, 7) is 8.13. The van der Waals surface area contributed by atoms with Crippen LogP contribution in [-0.2, 0) is 4.79 Å². The number of nitrogens with one attached hydrogen (secondary N) is 1. The van der Waals surface area contributed by atoms with Crippen LogP contribution in [0.3, 0.4) is 0 Å². The second-order valence-electron chi connectivity index (χ2n) is 5.89. The second kappa shape index (κ2) is 5.95. The summed E-state index contributed by atoms with van der Waals surface area (Å²) in [6, 6.07) is 5.25. The van der Waals surface area contributed by atoms with Crippen LogP contribution in [0.15, 0.2) is 18.2 Å². The largest absolute Gasteiger partial charge is 0.495 e. The molecule has 0 spiro atoms. The van der Waals surface area contributed by atoms with Gasteiger partial charge in [0.15, 0.2) is 0 Å². The first kappa shape index (κ1) is 15.3. The number of carbonyl (C=O) groups excluding carboxylic acids is 1. The summed E-state index contributed by atoms with van der Waals surface area (Å²) >= 11 is 0. The third-order valence-corrected chi connectivity index (χ3v) is 3.02. The molecule has 0 bridgehead atoms. The van der Waals surface area contributed by atoms with Crippen LogP contribution < -0.4 is 15.8 Å². The third kappa shape index (κ3) is 4.16. The van der Waals surface area contributed by atoms with E-state index in [-0.39, 0.29) is 5.91 Å². The van der Waals surface area contributed by atoms with Gasteiger partial charge in [-0.15, -0.1) is 0 Å². The maximum atomic E-state index is 12.3. The molecule has 0 unspecified atom stereocenters. The Bertz CT molecular complexity index is 453. The molecule has 0 fully saturated rings. The van der Waals surface area contributed by atoms with Crippen LogP contribution >= 0.6 is 0 Å². The van der Waals surface area contributed by atoms with E-state index >= 15 is 0 Å². The molecule has 1 aromatic rings. The molecule has 0 aliphatic rings. The summed E-state index contributed by atoms with van der Waals surface area (Å²) < 4.78 is 5.09. The Kier molecular flexibility index (Phi) is 4.81. The van der Waals surface area contributed by atoms with E-state index in [0.717, 1.165) is 6.42 Å². The standard InChI is InChI=1S/C15H24N2O2/c1-10(2)9-15(3,4)14(18)17-11-6-7-13(19-5)12(16)8-11/h6-8,10H,9,16H2,1-5H3,(H,17,18). The molecular weight excluding hydrogens is 240 g/mol. The van der Waals surface area contributed by atoms with E-state index in [0.29, 0.717) is 23.0 Å². The van der Waals surface area contributed by atoms with E-state index in [2.05, 4.69) is 19.2 Å². The van der Waals surface area contributed by atoms with E-state index in [9.17, 15) is 4.79 Å². The minimum atomic E-state index is -0.400. The van der Waals surface area contributed by atoms with Crippen molar-refractivity contribution in [3.05, 3.63) is 18.2 Å². The zero-order valence-electron chi connectivity index (χ0n) is 12.4. The van der Waals surface area contributed by atoms with E-state index < -0.39 is 5.41 Å². The molecule has 0 atom stereocenters. The number of anilines is 2. The Hall–Kier alpha value is -1.71. The molecule has 1 rings (SSSR count). The van der Waals surface area contributed by atoms with Crippen molar-refractivity contribution >= 4 is 17.3 Å². The molecule has 0 aliphatic heterocycles. The quantitative estimate of drug-likeness (QED) is 0.802. The minimum absolute atomic E-state index is 0.00534. The average Bonchev–Trinajstić information content (AvgIpc) is 2.27. The number of hydrogen-bond donors (Lipinski definition) is 2. The fourth-order valence-corrected chi connectivity index (χ4v) is 2.23. The van der Waals surface area contributed by atoms with E-state index in [1.54, 1.807) is 25.3 Å².